The summed E-state index contributed by atoms with van der Waals surface area (Å²) in [4.78, 5) is 6.12. The quantitative estimate of drug-likeness (QED) is 0.922. The summed E-state index contributed by atoms with van der Waals surface area (Å²) < 4.78 is 31.9. The highest BCUT2D eigenvalue weighted by atomic mass is 19.3. The van der Waals surface area contributed by atoms with Crippen molar-refractivity contribution in [3.05, 3.63) is 23.4 Å². The molecule has 2 saturated heterocycles. The van der Waals surface area contributed by atoms with Crippen molar-refractivity contribution in [3.8, 4) is 0 Å². The van der Waals surface area contributed by atoms with Gasteiger partial charge in [0, 0.05) is 32.0 Å². The van der Waals surface area contributed by atoms with Crippen molar-refractivity contribution < 1.29 is 13.5 Å². The van der Waals surface area contributed by atoms with Gasteiger partial charge in [-0.3, -0.25) is 4.90 Å². The third-order valence-corrected chi connectivity index (χ3v) is 4.02. The van der Waals surface area contributed by atoms with Crippen LogP contribution in [0.3, 0.4) is 0 Å². The van der Waals surface area contributed by atoms with Crippen molar-refractivity contribution in [2.75, 3.05) is 32.0 Å². The lowest BCUT2D eigenvalue weighted by molar-refractivity contribution is 0.0114. The Balaban J connectivity index is 1.79. The van der Waals surface area contributed by atoms with E-state index in [1.807, 2.05) is 6.07 Å². The fourth-order valence-electron chi connectivity index (χ4n) is 2.96. The largest absolute Gasteiger partial charge is 0.384 e. The number of rotatable bonds is 3. The van der Waals surface area contributed by atoms with Gasteiger partial charge in [-0.25, -0.2) is 13.8 Å². The number of pyridine rings is 1. The highest BCUT2D eigenvalue weighted by Gasteiger charge is 2.38. The number of hydrogen-bond acceptors (Lipinski definition) is 4. The Morgan fingerprint density at radius 1 is 1.45 bits per heavy atom. The summed E-state index contributed by atoms with van der Waals surface area (Å²) in [6.45, 7) is 2.08. The van der Waals surface area contributed by atoms with Crippen LogP contribution in [0.1, 0.15) is 30.0 Å². The van der Waals surface area contributed by atoms with E-state index in [9.17, 15) is 8.78 Å². The monoisotopic (exact) mass is 283 g/mol. The molecule has 20 heavy (non-hydrogen) atoms. The van der Waals surface area contributed by atoms with Crippen LogP contribution in [0, 0.1) is 0 Å². The Morgan fingerprint density at radius 2 is 2.30 bits per heavy atom. The van der Waals surface area contributed by atoms with Gasteiger partial charge in [0.25, 0.3) is 5.92 Å². The van der Waals surface area contributed by atoms with Gasteiger partial charge in [-0.2, -0.15) is 0 Å². The molecule has 6 heteroatoms. The Kier molecular flexibility index (Phi) is 3.60. The van der Waals surface area contributed by atoms with Gasteiger partial charge in [-0.15, -0.1) is 0 Å². The van der Waals surface area contributed by atoms with Crippen LogP contribution >= 0.6 is 0 Å². The van der Waals surface area contributed by atoms with Gasteiger partial charge in [0.05, 0.1) is 18.8 Å². The summed E-state index contributed by atoms with van der Waals surface area (Å²) in [5.74, 6) is -1.83. The Hall–Kier alpha value is -1.27. The summed E-state index contributed by atoms with van der Waals surface area (Å²) >= 11 is 0. The molecule has 1 atom stereocenters. The van der Waals surface area contributed by atoms with Crippen molar-refractivity contribution in [3.63, 3.8) is 0 Å². The fraction of sp³-hybridized carbons (Fsp3) is 0.643. The maximum Gasteiger partial charge on any atom is 0.261 e. The number of anilines is 1. The van der Waals surface area contributed by atoms with Gasteiger partial charge in [-0.1, -0.05) is 6.07 Å². The standard InChI is InChI=1S/C14H19F2N3O/c15-14(16)4-5-19(9-14)7-12-11(1-2-13(17)18-12)10-3-6-20-8-10/h1-2,10H,3-9H2,(H2,17,18). The maximum absolute atomic E-state index is 13.3. The van der Waals surface area contributed by atoms with E-state index < -0.39 is 5.92 Å². The molecule has 2 N–H and O–H groups in total. The van der Waals surface area contributed by atoms with E-state index in [0.29, 0.717) is 31.4 Å². The SMILES string of the molecule is Nc1ccc(C2CCOC2)c(CN2CCC(F)(F)C2)n1. The molecule has 0 aromatic carbocycles. The normalized spacial score (nSPS) is 26.2. The van der Waals surface area contributed by atoms with Gasteiger partial charge < -0.3 is 10.5 Å². The smallest absolute Gasteiger partial charge is 0.261 e. The second-order valence-corrected chi connectivity index (χ2v) is 5.65. The number of halogens is 2. The highest BCUT2D eigenvalue weighted by molar-refractivity contribution is 5.36. The Bertz CT molecular complexity index is 489. The molecule has 4 nitrogen and oxygen atoms in total. The number of likely N-dealkylation sites (tertiary alicyclic amines) is 1. The molecule has 2 fully saturated rings. The van der Waals surface area contributed by atoms with Crippen LogP contribution in [-0.4, -0.2) is 42.1 Å². The molecule has 0 bridgehead atoms. The molecule has 1 aromatic heterocycles. The molecule has 2 aliphatic rings. The number of hydrogen-bond donors (Lipinski definition) is 1. The van der Waals surface area contributed by atoms with E-state index in [0.717, 1.165) is 24.3 Å². The molecule has 0 amide bonds. The van der Waals surface area contributed by atoms with Crippen molar-refractivity contribution in [2.45, 2.75) is 31.2 Å². The van der Waals surface area contributed by atoms with Gasteiger partial charge >= 0.3 is 0 Å². The van der Waals surface area contributed by atoms with Crippen molar-refractivity contribution in [2.24, 2.45) is 0 Å². The highest BCUT2D eigenvalue weighted by Crippen LogP contribution is 2.31. The number of alkyl halides is 2. The number of nitrogen functional groups attached to an aromatic ring is 1. The summed E-state index contributed by atoms with van der Waals surface area (Å²) in [7, 11) is 0. The van der Waals surface area contributed by atoms with Crippen molar-refractivity contribution in [1.82, 2.24) is 9.88 Å². The first-order valence-electron chi connectivity index (χ1n) is 6.97. The summed E-state index contributed by atoms with van der Waals surface area (Å²) in [5.41, 5.74) is 7.65. The third-order valence-electron chi connectivity index (χ3n) is 4.02. The molecule has 3 rings (SSSR count). The second-order valence-electron chi connectivity index (χ2n) is 5.65. The summed E-state index contributed by atoms with van der Waals surface area (Å²) in [6.07, 6.45) is 0.881. The first kappa shape index (κ1) is 13.7. The van der Waals surface area contributed by atoms with Crippen LogP contribution in [0.2, 0.25) is 0 Å². The van der Waals surface area contributed by atoms with Crippen LogP contribution in [0.4, 0.5) is 14.6 Å². The van der Waals surface area contributed by atoms with Crippen LogP contribution in [0.5, 0.6) is 0 Å². The molecule has 1 unspecified atom stereocenters. The first-order valence-corrected chi connectivity index (χ1v) is 6.97. The average molecular weight is 283 g/mol. The molecule has 2 aliphatic heterocycles. The summed E-state index contributed by atoms with van der Waals surface area (Å²) in [6, 6.07) is 3.74. The van der Waals surface area contributed by atoms with Gasteiger partial charge in [-0.05, 0) is 18.1 Å². The molecular formula is C14H19F2N3O. The lowest BCUT2D eigenvalue weighted by Gasteiger charge is -2.19. The molecule has 0 radical (unpaired) electrons. The lowest BCUT2D eigenvalue weighted by atomic mass is 9.96. The minimum absolute atomic E-state index is 0.0722. The van der Waals surface area contributed by atoms with Crippen LogP contribution in [0.15, 0.2) is 12.1 Å². The number of nitrogens with two attached hydrogens (primary N) is 1. The third kappa shape index (κ3) is 2.91. The predicted molar refractivity (Wildman–Crippen MR) is 71.7 cm³/mol. The minimum Gasteiger partial charge on any atom is -0.384 e. The summed E-state index contributed by atoms with van der Waals surface area (Å²) in [5, 5.41) is 0. The van der Waals surface area contributed by atoms with E-state index in [-0.39, 0.29) is 13.0 Å². The molecular weight excluding hydrogens is 264 g/mol. The van der Waals surface area contributed by atoms with E-state index >= 15 is 0 Å². The molecule has 110 valence electrons. The first-order chi connectivity index (χ1) is 9.53. The minimum atomic E-state index is -2.57. The molecule has 1 aromatic rings. The lowest BCUT2D eigenvalue weighted by Crippen LogP contribution is -2.26. The van der Waals surface area contributed by atoms with Crippen LogP contribution < -0.4 is 5.73 Å². The van der Waals surface area contributed by atoms with E-state index in [1.54, 1.807) is 11.0 Å². The molecule has 0 spiro atoms. The van der Waals surface area contributed by atoms with Crippen LogP contribution in [0.25, 0.3) is 0 Å². The predicted octanol–water partition coefficient (Wildman–Crippen LogP) is 2.01. The number of ether oxygens (including phenoxy) is 1. The zero-order valence-electron chi connectivity index (χ0n) is 11.3. The van der Waals surface area contributed by atoms with Gasteiger partial charge in [0.2, 0.25) is 0 Å². The van der Waals surface area contributed by atoms with Crippen molar-refractivity contribution >= 4 is 5.82 Å². The topological polar surface area (TPSA) is 51.4 Å². The molecule has 0 aliphatic carbocycles. The van der Waals surface area contributed by atoms with Gasteiger partial charge in [0.1, 0.15) is 5.82 Å². The average Bonchev–Trinajstić information content (AvgIpc) is 2.99. The number of nitrogens with zero attached hydrogens (tertiary/aromatic N) is 2. The van der Waals surface area contributed by atoms with E-state index in [1.165, 1.54) is 0 Å². The zero-order chi connectivity index (χ0) is 14.2. The van der Waals surface area contributed by atoms with E-state index in [4.69, 9.17) is 10.5 Å². The van der Waals surface area contributed by atoms with Gasteiger partial charge in [0.15, 0.2) is 0 Å². The van der Waals surface area contributed by atoms with E-state index in [2.05, 4.69) is 4.98 Å². The molecule has 0 saturated carbocycles. The zero-order valence-corrected chi connectivity index (χ0v) is 11.3. The number of aromatic nitrogens is 1. The fourth-order valence-corrected chi connectivity index (χ4v) is 2.96. The van der Waals surface area contributed by atoms with Crippen molar-refractivity contribution in [1.29, 1.82) is 0 Å². The Labute approximate surface area is 116 Å². The maximum atomic E-state index is 13.3. The molecule has 3 heterocycles. The Morgan fingerprint density at radius 3 is 2.95 bits per heavy atom. The van der Waals surface area contributed by atoms with Crippen LogP contribution in [-0.2, 0) is 11.3 Å². The second kappa shape index (κ2) is 5.26.